The van der Waals surface area contributed by atoms with E-state index < -0.39 is 35.4 Å². The summed E-state index contributed by atoms with van der Waals surface area (Å²) in [5.74, 6) is -5.19. The average molecular weight is 562 g/mol. The first-order chi connectivity index (χ1) is 18.6. The molecule has 0 amide bonds. The van der Waals surface area contributed by atoms with Gasteiger partial charge in [-0.25, -0.2) is 27.8 Å². The molecule has 0 radical (unpaired) electrons. The molecule has 3 heterocycles. The number of anilines is 3. The fourth-order valence-electron chi connectivity index (χ4n) is 4.87. The number of pyridine rings is 1. The van der Waals surface area contributed by atoms with Crippen LogP contribution in [0.5, 0.6) is 0 Å². The molecule has 4 rings (SSSR count). The number of aromatic nitrogens is 3. The van der Waals surface area contributed by atoms with Crippen LogP contribution < -0.4 is 21.6 Å². The smallest absolute Gasteiger partial charge is 0.329 e. The van der Waals surface area contributed by atoms with Gasteiger partial charge in [0.25, 0.3) is 5.92 Å². The van der Waals surface area contributed by atoms with Crippen LogP contribution in [0.3, 0.4) is 0 Å². The highest BCUT2D eigenvalue weighted by atomic mass is 19.3. The maximum atomic E-state index is 15.1. The largest absolute Gasteiger partial charge is 0.392 e. The molecule has 3 aromatic rings. The van der Waals surface area contributed by atoms with Crippen LogP contribution in [0.4, 0.5) is 36.2 Å². The summed E-state index contributed by atoms with van der Waals surface area (Å²) in [7, 11) is 0. The molecule has 0 saturated carbocycles. The van der Waals surface area contributed by atoms with Crippen LogP contribution in [-0.4, -0.2) is 61.1 Å². The highest BCUT2D eigenvalue weighted by molar-refractivity contribution is 5.82. The number of aryl methyl sites for hydroxylation is 1. The summed E-state index contributed by atoms with van der Waals surface area (Å²) in [5, 5.41) is 23.0. The van der Waals surface area contributed by atoms with E-state index >= 15 is 4.39 Å². The molecule has 13 heteroatoms. The Kier molecular flexibility index (Phi) is 7.90. The van der Waals surface area contributed by atoms with Crippen molar-refractivity contribution < 1.29 is 23.4 Å². The number of fused-ring (bicyclic) bond motifs is 1. The Labute approximate surface area is 229 Å². The molecule has 5 N–H and O–H groups in total. The molecule has 2 aromatic heterocycles. The zero-order valence-electron chi connectivity index (χ0n) is 22.8. The van der Waals surface area contributed by atoms with Crippen LogP contribution >= 0.6 is 0 Å². The molecule has 1 saturated heterocycles. The monoisotopic (exact) mass is 561 g/mol. The van der Waals surface area contributed by atoms with E-state index in [0.29, 0.717) is 16.7 Å². The van der Waals surface area contributed by atoms with Gasteiger partial charge in [0.15, 0.2) is 11.6 Å². The van der Waals surface area contributed by atoms with Crippen molar-refractivity contribution in [1.29, 1.82) is 0 Å². The quantitative estimate of drug-likeness (QED) is 0.310. The summed E-state index contributed by atoms with van der Waals surface area (Å²) in [6.45, 7) is 13.5. The van der Waals surface area contributed by atoms with Gasteiger partial charge in [-0.2, -0.15) is 0 Å². The lowest BCUT2D eigenvalue weighted by Crippen LogP contribution is -2.60. The van der Waals surface area contributed by atoms with Crippen molar-refractivity contribution in [3.63, 3.8) is 0 Å². The van der Waals surface area contributed by atoms with E-state index in [2.05, 4.69) is 15.1 Å². The minimum absolute atomic E-state index is 0.0444. The molecule has 1 fully saturated rings. The third-order valence-electron chi connectivity index (χ3n) is 7.09. The summed E-state index contributed by atoms with van der Waals surface area (Å²) in [6.07, 6.45) is -0.502. The highest BCUT2D eigenvalue weighted by Crippen LogP contribution is 2.38. The molecular weight excluding hydrogens is 527 g/mol. The summed E-state index contributed by atoms with van der Waals surface area (Å²) in [5.41, 5.74) is 5.63. The van der Waals surface area contributed by atoms with Gasteiger partial charge in [-0.05, 0) is 51.5 Å². The number of rotatable bonds is 8. The average Bonchev–Trinajstić information content (AvgIpc) is 3.11. The SMILES string of the molecule is [C-]#[N+]c1cc(F)c(Nc2ccc3c(c2)n(CCC(C)(C)O)c(=O)n3C[C@H](C)O)nc1N1C[C@@H](N)C(F)(F)[C@@H](C)C1. The number of piperidine rings is 1. The lowest BCUT2D eigenvalue weighted by molar-refractivity contribution is -0.0806. The first kappa shape index (κ1) is 29.4. The molecule has 0 spiro atoms. The van der Waals surface area contributed by atoms with Gasteiger partial charge in [0.1, 0.15) is 5.82 Å². The molecule has 0 unspecified atom stereocenters. The van der Waals surface area contributed by atoms with E-state index in [1.807, 2.05) is 0 Å². The molecule has 0 bridgehead atoms. The molecular formula is C27H34F3N7O3. The Morgan fingerprint density at radius 1 is 1.27 bits per heavy atom. The second-order valence-corrected chi connectivity index (χ2v) is 11.1. The van der Waals surface area contributed by atoms with Crippen molar-refractivity contribution in [3.05, 3.63) is 52.0 Å². The minimum atomic E-state index is -3.09. The second kappa shape index (κ2) is 10.8. The number of alkyl halides is 2. The van der Waals surface area contributed by atoms with Gasteiger partial charge in [0.05, 0.1) is 41.9 Å². The number of hydrogen-bond acceptors (Lipinski definition) is 7. The van der Waals surface area contributed by atoms with Crippen molar-refractivity contribution in [2.75, 3.05) is 23.3 Å². The number of nitrogens with two attached hydrogens (primary N) is 1. The molecule has 3 atom stereocenters. The van der Waals surface area contributed by atoms with Gasteiger partial charge in [-0.1, -0.05) is 6.92 Å². The Bertz CT molecular complexity index is 1490. The number of aliphatic hydroxyl groups excluding tert-OH is 1. The van der Waals surface area contributed by atoms with Gasteiger partial charge in [0, 0.05) is 31.2 Å². The third-order valence-corrected chi connectivity index (χ3v) is 7.09. The number of nitrogens with zero attached hydrogens (tertiary/aromatic N) is 5. The van der Waals surface area contributed by atoms with Crippen molar-refractivity contribution in [3.8, 4) is 0 Å². The molecule has 10 nitrogen and oxygen atoms in total. The first-order valence-electron chi connectivity index (χ1n) is 13.0. The van der Waals surface area contributed by atoms with Crippen molar-refractivity contribution >= 4 is 34.0 Å². The van der Waals surface area contributed by atoms with Gasteiger partial charge in [0.2, 0.25) is 5.69 Å². The summed E-state index contributed by atoms with van der Waals surface area (Å²) >= 11 is 0. The van der Waals surface area contributed by atoms with Crippen molar-refractivity contribution in [2.45, 2.75) is 70.9 Å². The first-order valence-corrected chi connectivity index (χ1v) is 13.0. The number of halogens is 3. The summed E-state index contributed by atoms with van der Waals surface area (Å²) < 4.78 is 46.6. The van der Waals surface area contributed by atoms with Gasteiger partial charge >= 0.3 is 5.69 Å². The Morgan fingerprint density at radius 2 is 1.98 bits per heavy atom. The zero-order valence-corrected chi connectivity index (χ0v) is 22.8. The van der Waals surface area contributed by atoms with Gasteiger partial charge in [-0.3, -0.25) is 9.13 Å². The highest BCUT2D eigenvalue weighted by Gasteiger charge is 2.48. The van der Waals surface area contributed by atoms with E-state index in [-0.39, 0.29) is 55.6 Å². The van der Waals surface area contributed by atoms with E-state index in [4.69, 9.17) is 12.3 Å². The van der Waals surface area contributed by atoms with E-state index in [0.717, 1.165) is 6.07 Å². The molecule has 1 aliphatic rings. The predicted octanol–water partition coefficient (Wildman–Crippen LogP) is 3.59. The topological polar surface area (TPSA) is 126 Å². The number of hydrogen-bond donors (Lipinski definition) is 4. The van der Waals surface area contributed by atoms with E-state index in [1.54, 1.807) is 39.0 Å². The lowest BCUT2D eigenvalue weighted by Gasteiger charge is -2.41. The minimum Gasteiger partial charge on any atom is -0.392 e. The van der Waals surface area contributed by atoms with Crippen LogP contribution in [0.25, 0.3) is 15.9 Å². The molecule has 40 heavy (non-hydrogen) atoms. The summed E-state index contributed by atoms with van der Waals surface area (Å²) in [4.78, 5) is 22.3. The number of benzene rings is 1. The van der Waals surface area contributed by atoms with Gasteiger partial charge < -0.3 is 26.2 Å². The van der Waals surface area contributed by atoms with Crippen LogP contribution in [0.2, 0.25) is 0 Å². The van der Waals surface area contributed by atoms with E-state index in [1.165, 1.54) is 21.0 Å². The molecule has 1 aliphatic heterocycles. The van der Waals surface area contributed by atoms with Crippen LogP contribution in [0, 0.1) is 18.3 Å². The number of aliphatic hydroxyl groups is 2. The van der Waals surface area contributed by atoms with E-state index in [9.17, 15) is 23.8 Å². The fraction of sp³-hybridized carbons (Fsp3) is 0.519. The fourth-order valence-corrected chi connectivity index (χ4v) is 4.87. The second-order valence-electron chi connectivity index (χ2n) is 11.1. The molecule has 0 aliphatic carbocycles. The lowest BCUT2D eigenvalue weighted by atomic mass is 9.91. The normalized spacial score (nSPS) is 20.0. The molecule has 1 aromatic carbocycles. The van der Waals surface area contributed by atoms with Crippen LogP contribution in [-0.2, 0) is 13.1 Å². The Balaban J connectivity index is 1.73. The number of nitrogens with one attached hydrogen (secondary N) is 1. The van der Waals surface area contributed by atoms with Crippen molar-refractivity contribution in [2.24, 2.45) is 11.7 Å². The standard InChI is InChI=1S/C27H34F3N7O3/c1-15-12-35(14-22(31)27(15,29)30)24-19(32-5)11-18(28)23(34-24)33-17-6-7-20-21(10-17)36(9-8-26(3,4)40)25(39)37(20)13-16(2)38/h6-7,10-11,15-16,22,38,40H,8-9,12-14,31H2,1-4H3,(H,33,34)/t15-,16-,22+/m0/s1. The third kappa shape index (κ3) is 5.79. The van der Waals surface area contributed by atoms with Crippen molar-refractivity contribution in [1.82, 2.24) is 14.1 Å². The Morgan fingerprint density at radius 3 is 2.58 bits per heavy atom. The van der Waals surface area contributed by atoms with Crippen LogP contribution in [0.15, 0.2) is 29.1 Å². The van der Waals surface area contributed by atoms with Gasteiger partial charge in [-0.15, -0.1) is 0 Å². The Hall–Kier alpha value is -3.60. The number of imidazole rings is 1. The molecule has 216 valence electrons. The van der Waals surface area contributed by atoms with Crippen LogP contribution in [0.1, 0.15) is 34.1 Å². The summed E-state index contributed by atoms with van der Waals surface area (Å²) in [6, 6.07) is 4.41. The maximum absolute atomic E-state index is 15.1. The zero-order chi connectivity index (χ0) is 29.6. The predicted molar refractivity (Wildman–Crippen MR) is 147 cm³/mol. The maximum Gasteiger partial charge on any atom is 0.329 e.